The molecule has 1 saturated heterocycles. The standard InChI is InChI=1S/C21H32N6O2S/c1-5-14-7-9-15(10-8-14)27-18(22)17-13(3)25-26-19(17)24-21(27)30-16(6-2)20(28)23-11-12-29-4/h7-10,13,16-17,19,22,25-26H,5-6,11-12H2,1-4H3,(H,23,28). The maximum Gasteiger partial charge on any atom is 0.233 e. The summed E-state index contributed by atoms with van der Waals surface area (Å²) in [6, 6.07) is 8.32. The number of amides is 1. The fourth-order valence-electron chi connectivity index (χ4n) is 3.65. The average molecular weight is 433 g/mol. The normalized spacial score (nSPS) is 24.4. The second kappa shape index (κ2) is 10.4. The summed E-state index contributed by atoms with van der Waals surface area (Å²) in [6.45, 7) is 7.12. The molecule has 9 heteroatoms. The molecule has 3 rings (SSSR count). The number of anilines is 1. The van der Waals surface area contributed by atoms with E-state index in [1.54, 1.807) is 7.11 Å². The van der Waals surface area contributed by atoms with Gasteiger partial charge in [0.1, 0.15) is 12.0 Å². The maximum atomic E-state index is 12.7. The van der Waals surface area contributed by atoms with Crippen molar-refractivity contribution < 1.29 is 9.53 Å². The predicted molar refractivity (Wildman–Crippen MR) is 123 cm³/mol. The van der Waals surface area contributed by atoms with Crippen molar-refractivity contribution in [2.24, 2.45) is 10.9 Å². The van der Waals surface area contributed by atoms with Crippen LogP contribution in [-0.2, 0) is 16.0 Å². The van der Waals surface area contributed by atoms with Crippen LogP contribution in [0.25, 0.3) is 0 Å². The van der Waals surface area contributed by atoms with Crippen LogP contribution in [0.4, 0.5) is 5.69 Å². The van der Waals surface area contributed by atoms with Gasteiger partial charge in [0, 0.05) is 25.4 Å². The number of methoxy groups -OCH3 is 1. The SMILES string of the molecule is CCc1ccc(N2C(=N)C3C(C)NNC3N=C2SC(CC)C(=O)NCCOC)cc1. The summed E-state index contributed by atoms with van der Waals surface area (Å²) in [5, 5.41) is 12.2. The lowest BCUT2D eigenvalue weighted by molar-refractivity contribution is -0.120. The van der Waals surface area contributed by atoms with Gasteiger partial charge in [-0.25, -0.2) is 10.4 Å². The Morgan fingerprint density at radius 2 is 2.07 bits per heavy atom. The number of carbonyl (C=O) groups is 1. The van der Waals surface area contributed by atoms with Crippen LogP contribution < -0.4 is 21.1 Å². The fraction of sp³-hybridized carbons (Fsp3) is 0.571. The molecule has 0 aliphatic carbocycles. The molecule has 4 unspecified atom stereocenters. The molecule has 4 N–H and O–H groups in total. The number of hydrazine groups is 1. The number of benzene rings is 1. The monoisotopic (exact) mass is 432 g/mol. The highest BCUT2D eigenvalue weighted by Crippen LogP contribution is 2.33. The summed E-state index contributed by atoms with van der Waals surface area (Å²) < 4.78 is 5.02. The molecular formula is C21H32N6O2S. The van der Waals surface area contributed by atoms with Gasteiger partial charge in [-0.1, -0.05) is 37.7 Å². The van der Waals surface area contributed by atoms with Crippen LogP contribution in [-0.4, -0.2) is 54.6 Å². The number of fused-ring (bicyclic) bond motifs is 1. The number of hydrogen-bond donors (Lipinski definition) is 4. The molecule has 30 heavy (non-hydrogen) atoms. The van der Waals surface area contributed by atoms with Crippen molar-refractivity contribution in [3.8, 4) is 0 Å². The average Bonchev–Trinajstić information content (AvgIpc) is 3.13. The molecule has 2 aliphatic rings. The molecule has 0 bridgehead atoms. The third-order valence-corrected chi connectivity index (χ3v) is 6.79. The molecule has 1 aromatic carbocycles. The van der Waals surface area contributed by atoms with Gasteiger partial charge in [-0.15, -0.1) is 0 Å². The van der Waals surface area contributed by atoms with Crippen molar-refractivity contribution in [1.29, 1.82) is 5.41 Å². The highest BCUT2D eigenvalue weighted by atomic mass is 32.2. The molecule has 2 aliphatic heterocycles. The van der Waals surface area contributed by atoms with Crippen molar-refractivity contribution in [3.05, 3.63) is 29.8 Å². The molecule has 1 amide bonds. The second-order valence-corrected chi connectivity index (χ2v) is 8.67. The van der Waals surface area contributed by atoms with Gasteiger partial charge in [0.25, 0.3) is 0 Å². The Morgan fingerprint density at radius 3 is 2.70 bits per heavy atom. The topological polar surface area (TPSA) is 102 Å². The van der Waals surface area contributed by atoms with Crippen molar-refractivity contribution in [2.45, 2.75) is 51.1 Å². The number of aliphatic imine (C=N–C) groups is 1. The highest BCUT2D eigenvalue weighted by molar-refractivity contribution is 8.15. The number of nitrogens with one attached hydrogen (secondary N) is 4. The molecule has 0 aromatic heterocycles. The van der Waals surface area contributed by atoms with E-state index in [4.69, 9.17) is 15.1 Å². The van der Waals surface area contributed by atoms with Crippen molar-refractivity contribution in [3.63, 3.8) is 0 Å². The molecule has 4 atom stereocenters. The molecule has 164 valence electrons. The first-order valence-corrected chi connectivity index (χ1v) is 11.4. The molecular weight excluding hydrogens is 400 g/mol. The first-order chi connectivity index (χ1) is 14.5. The Bertz CT molecular complexity index is 784. The van der Waals surface area contributed by atoms with Crippen LogP contribution in [0.3, 0.4) is 0 Å². The van der Waals surface area contributed by atoms with Gasteiger partial charge in [-0.3, -0.25) is 20.5 Å². The van der Waals surface area contributed by atoms with Gasteiger partial charge in [0.05, 0.1) is 17.8 Å². The highest BCUT2D eigenvalue weighted by Gasteiger charge is 2.44. The maximum absolute atomic E-state index is 12.7. The third kappa shape index (κ3) is 4.85. The van der Waals surface area contributed by atoms with Gasteiger partial charge in [0.2, 0.25) is 5.91 Å². The minimum absolute atomic E-state index is 0.0388. The van der Waals surface area contributed by atoms with Gasteiger partial charge in [0.15, 0.2) is 5.17 Å². The first kappa shape index (κ1) is 22.7. The van der Waals surface area contributed by atoms with Gasteiger partial charge in [-0.2, -0.15) is 0 Å². The number of amidine groups is 2. The zero-order valence-electron chi connectivity index (χ0n) is 18.1. The lowest BCUT2D eigenvalue weighted by atomic mass is 9.97. The van der Waals surface area contributed by atoms with Gasteiger partial charge in [-0.05, 0) is 37.5 Å². The summed E-state index contributed by atoms with van der Waals surface area (Å²) in [6.07, 6.45) is 1.41. The van der Waals surface area contributed by atoms with Crippen molar-refractivity contribution >= 4 is 34.4 Å². The summed E-state index contributed by atoms with van der Waals surface area (Å²) in [5.74, 6) is 0.375. The van der Waals surface area contributed by atoms with E-state index >= 15 is 0 Å². The van der Waals surface area contributed by atoms with Crippen LogP contribution in [0.1, 0.15) is 32.8 Å². The van der Waals surface area contributed by atoms with E-state index in [0.717, 1.165) is 12.1 Å². The largest absolute Gasteiger partial charge is 0.383 e. The van der Waals surface area contributed by atoms with Crippen LogP contribution in [0.5, 0.6) is 0 Å². The van der Waals surface area contributed by atoms with E-state index in [9.17, 15) is 4.79 Å². The van der Waals surface area contributed by atoms with E-state index in [-0.39, 0.29) is 29.3 Å². The van der Waals surface area contributed by atoms with Crippen molar-refractivity contribution in [1.82, 2.24) is 16.2 Å². The summed E-state index contributed by atoms with van der Waals surface area (Å²) >= 11 is 1.41. The Labute approximate surface area is 182 Å². The van der Waals surface area contributed by atoms with E-state index in [1.165, 1.54) is 17.3 Å². The zero-order chi connectivity index (χ0) is 21.7. The van der Waals surface area contributed by atoms with E-state index < -0.39 is 0 Å². The number of hydrogen-bond acceptors (Lipinski definition) is 7. The fourth-order valence-corrected chi connectivity index (χ4v) is 4.75. The summed E-state index contributed by atoms with van der Waals surface area (Å²) in [4.78, 5) is 19.5. The number of carbonyl (C=O) groups excluding carboxylic acids is 1. The molecule has 1 aromatic rings. The quantitative estimate of drug-likeness (QED) is 0.470. The predicted octanol–water partition coefficient (Wildman–Crippen LogP) is 2.12. The van der Waals surface area contributed by atoms with Crippen LogP contribution in [0, 0.1) is 11.3 Å². The van der Waals surface area contributed by atoms with Gasteiger partial charge < -0.3 is 10.1 Å². The first-order valence-electron chi connectivity index (χ1n) is 10.5. The van der Waals surface area contributed by atoms with E-state index in [1.807, 2.05) is 24.0 Å². The number of thioether (sulfide) groups is 1. The zero-order valence-corrected chi connectivity index (χ0v) is 18.9. The Balaban J connectivity index is 1.88. The molecule has 0 spiro atoms. The minimum Gasteiger partial charge on any atom is -0.383 e. The Hall–Kier alpha value is -1.94. The third-order valence-electron chi connectivity index (χ3n) is 5.45. The molecule has 0 radical (unpaired) electrons. The van der Waals surface area contributed by atoms with Crippen LogP contribution in [0.2, 0.25) is 0 Å². The number of ether oxygens (including phenoxy) is 1. The lowest BCUT2D eigenvalue weighted by Crippen LogP contribution is -2.51. The number of nitrogens with zero attached hydrogens (tertiary/aromatic N) is 2. The second-order valence-electron chi connectivity index (χ2n) is 7.50. The number of aryl methyl sites for hydroxylation is 1. The van der Waals surface area contributed by atoms with Crippen molar-refractivity contribution in [2.75, 3.05) is 25.2 Å². The summed E-state index contributed by atoms with van der Waals surface area (Å²) in [7, 11) is 1.61. The van der Waals surface area contributed by atoms with Crippen LogP contribution >= 0.6 is 11.8 Å². The molecule has 8 nitrogen and oxygen atoms in total. The molecule has 0 saturated carbocycles. The Morgan fingerprint density at radius 1 is 1.33 bits per heavy atom. The minimum atomic E-state index is -0.297. The molecule has 2 heterocycles. The Kier molecular flexibility index (Phi) is 7.87. The smallest absolute Gasteiger partial charge is 0.233 e. The van der Waals surface area contributed by atoms with Gasteiger partial charge >= 0.3 is 0 Å². The lowest BCUT2D eigenvalue weighted by Gasteiger charge is -2.36. The van der Waals surface area contributed by atoms with E-state index in [0.29, 0.717) is 30.6 Å². The summed E-state index contributed by atoms with van der Waals surface area (Å²) in [5.41, 5.74) is 8.53. The van der Waals surface area contributed by atoms with Crippen LogP contribution in [0.15, 0.2) is 29.3 Å². The van der Waals surface area contributed by atoms with E-state index in [2.05, 4.69) is 42.1 Å². The number of rotatable bonds is 8. The molecule has 1 fully saturated rings.